The zero-order chi connectivity index (χ0) is 12.6. The summed E-state index contributed by atoms with van der Waals surface area (Å²) in [4.78, 5) is 0. The largest absolute Gasteiger partial charge is 0.454 e. The summed E-state index contributed by atoms with van der Waals surface area (Å²) in [6.45, 7) is -1.33. The molecule has 1 aromatic carbocycles. The van der Waals surface area contributed by atoms with Gasteiger partial charge in [0.1, 0.15) is 6.61 Å². The van der Waals surface area contributed by atoms with Crippen molar-refractivity contribution >= 4 is 11.6 Å². The molecule has 0 fully saturated rings. The molecule has 17 heavy (non-hydrogen) atoms. The van der Waals surface area contributed by atoms with E-state index < -0.39 is 18.6 Å². The van der Waals surface area contributed by atoms with Gasteiger partial charge in [0, 0.05) is 11.1 Å². The molecule has 0 amide bonds. The number of halogens is 3. The molecule has 0 saturated heterocycles. The number of aliphatic hydroxyl groups excluding tert-OH is 1. The monoisotopic (exact) mass is 265 g/mol. The second kappa shape index (κ2) is 4.29. The van der Waals surface area contributed by atoms with E-state index in [1.54, 1.807) is 0 Å². The van der Waals surface area contributed by atoms with E-state index in [9.17, 15) is 8.78 Å². The third kappa shape index (κ3) is 2.15. The number of aliphatic hydroxyl groups is 1. The quantitative estimate of drug-likeness (QED) is 0.873. The second-order valence-electron chi connectivity index (χ2n) is 3.62. The highest BCUT2D eigenvalue weighted by Crippen LogP contribution is 2.41. The van der Waals surface area contributed by atoms with E-state index in [-0.39, 0.29) is 17.4 Å². The van der Waals surface area contributed by atoms with E-state index in [0.717, 1.165) is 0 Å². The minimum absolute atomic E-state index is 0.00923. The van der Waals surface area contributed by atoms with Crippen LogP contribution in [0.2, 0.25) is 5.02 Å². The summed E-state index contributed by atoms with van der Waals surface area (Å²) in [5, 5.41) is 8.63. The maximum absolute atomic E-state index is 13.3. The first kappa shape index (κ1) is 12.3. The molecule has 3 N–H and O–H groups in total. The average molecular weight is 266 g/mol. The lowest BCUT2D eigenvalue weighted by molar-refractivity contribution is -0.0711. The molecule has 0 spiro atoms. The van der Waals surface area contributed by atoms with Crippen LogP contribution in [0.5, 0.6) is 11.5 Å². The maximum atomic E-state index is 13.3. The Labute approximate surface area is 101 Å². The van der Waals surface area contributed by atoms with Crippen LogP contribution in [0.4, 0.5) is 8.78 Å². The third-order valence-corrected chi connectivity index (χ3v) is 2.82. The van der Waals surface area contributed by atoms with Crippen molar-refractivity contribution in [1.82, 2.24) is 0 Å². The van der Waals surface area contributed by atoms with Gasteiger partial charge in [-0.25, -0.2) is 8.78 Å². The van der Waals surface area contributed by atoms with Gasteiger partial charge in [0.15, 0.2) is 11.5 Å². The van der Waals surface area contributed by atoms with Gasteiger partial charge in [-0.05, 0) is 11.6 Å². The molecule has 0 aromatic heterocycles. The van der Waals surface area contributed by atoms with Crippen LogP contribution in [-0.2, 0) is 0 Å². The van der Waals surface area contributed by atoms with Crippen molar-refractivity contribution < 1.29 is 23.4 Å². The number of rotatable bonds is 3. The Balaban J connectivity index is 2.39. The van der Waals surface area contributed by atoms with E-state index in [1.165, 1.54) is 12.1 Å². The van der Waals surface area contributed by atoms with Crippen molar-refractivity contribution in [3.05, 3.63) is 22.7 Å². The number of hydrogen-bond acceptors (Lipinski definition) is 4. The molecule has 2 rings (SSSR count). The predicted molar refractivity (Wildman–Crippen MR) is 56.5 cm³/mol. The van der Waals surface area contributed by atoms with Crippen molar-refractivity contribution in [1.29, 1.82) is 0 Å². The van der Waals surface area contributed by atoms with Gasteiger partial charge < -0.3 is 20.3 Å². The normalized spacial score (nSPS) is 16.1. The summed E-state index contributed by atoms with van der Waals surface area (Å²) in [5.74, 6) is -2.75. The Morgan fingerprint density at radius 3 is 2.59 bits per heavy atom. The molecule has 0 unspecified atom stereocenters. The van der Waals surface area contributed by atoms with Crippen LogP contribution in [0.15, 0.2) is 12.1 Å². The van der Waals surface area contributed by atoms with Gasteiger partial charge in [-0.1, -0.05) is 11.6 Å². The number of ether oxygens (including phenoxy) is 2. The third-order valence-electron chi connectivity index (χ3n) is 2.49. The molecule has 1 aromatic rings. The Hall–Kier alpha value is -1.11. The van der Waals surface area contributed by atoms with Crippen LogP contribution >= 0.6 is 11.6 Å². The molecule has 0 saturated carbocycles. The summed E-state index contributed by atoms with van der Waals surface area (Å²) in [5.41, 5.74) is 5.40. The average Bonchev–Trinajstić information content (AvgIpc) is 2.73. The summed E-state index contributed by atoms with van der Waals surface area (Å²) in [7, 11) is 0. The Morgan fingerprint density at radius 2 is 2.00 bits per heavy atom. The highest BCUT2D eigenvalue weighted by atomic mass is 35.5. The van der Waals surface area contributed by atoms with Gasteiger partial charge in [0.25, 0.3) is 5.92 Å². The fraction of sp³-hybridized carbons (Fsp3) is 0.400. The number of nitrogens with two attached hydrogens (primary N) is 1. The first-order valence-electron chi connectivity index (χ1n) is 4.79. The van der Waals surface area contributed by atoms with E-state index in [0.29, 0.717) is 11.5 Å². The van der Waals surface area contributed by atoms with Crippen molar-refractivity contribution in [3.8, 4) is 11.5 Å². The molecule has 1 aliphatic heterocycles. The van der Waals surface area contributed by atoms with Gasteiger partial charge in [0.2, 0.25) is 6.79 Å². The number of benzene rings is 1. The first-order valence-corrected chi connectivity index (χ1v) is 5.17. The van der Waals surface area contributed by atoms with E-state index in [2.05, 4.69) is 0 Å². The van der Waals surface area contributed by atoms with Crippen LogP contribution in [0.25, 0.3) is 0 Å². The highest BCUT2D eigenvalue weighted by Gasteiger charge is 2.39. The highest BCUT2D eigenvalue weighted by molar-refractivity contribution is 6.31. The topological polar surface area (TPSA) is 64.7 Å². The maximum Gasteiger partial charge on any atom is 0.289 e. The first-order chi connectivity index (χ1) is 7.95. The zero-order valence-corrected chi connectivity index (χ0v) is 9.38. The summed E-state index contributed by atoms with van der Waals surface area (Å²) >= 11 is 5.84. The van der Waals surface area contributed by atoms with Crippen LogP contribution in [0.3, 0.4) is 0 Å². The summed E-state index contributed by atoms with van der Waals surface area (Å²) in [6, 6.07) is 0.973. The van der Waals surface area contributed by atoms with Crippen molar-refractivity contribution in [2.45, 2.75) is 12.0 Å². The molecule has 7 heteroatoms. The fourth-order valence-electron chi connectivity index (χ4n) is 1.50. The lowest BCUT2D eigenvalue weighted by Gasteiger charge is -2.22. The molecule has 1 heterocycles. The zero-order valence-electron chi connectivity index (χ0n) is 8.62. The Morgan fingerprint density at radius 1 is 1.41 bits per heavy atom. The van der Waals surface area contributed by atoms with E-state index >= 15 is 0 Å². The number of alkyl halides is 2. The number of hydrogen-bond donors (Lipinski definition) is 2. The van der Waals surface area contributed by atoms with Gasteiger partial charge in [0.05, 0.1) is 6.04 Å². The molecule has 0 bridgehead atoms. The lowest BCUT2D eigenvalue weighted by atomic mass is 10.0. The standard InChI is InChI=1S/C10H10ClF2NO3/c11-6-2-8-7(16-4-17-8)1-5(6)9(14)10(12,13)3-15/h1-2,9,15H,3-4,14H2/t9-/m1/s1. The van der Waals surface area contributed by atoms with Crippen LogP contribution in [0, 0.1) is 0 Å². The van der Waals surface area contributed by atoms with Gasteiger partial charge in [-0.3, -0.25) is 0 Å². The molecule has 1 atom stereocenters. The Bertz CT molecular complexity index is 442. The molecular weight excluding hydrogens is 256 g/mol. The molecule has 0 aliphatic carbocycles. The SMILES string of the molecule is N[C@H](c1cc2c(cc1Cl)OCO2)C(F)(F)CO. The van der Waals surface area contributed by atoms with Gasteiger partial charge >= 0.3 is 0 Å². The van der Waals surface area contributed by atoms with Crippen molar-refractivity contribution in [3.63, 3.8) is 0 Å². The molecule has 4 nitrogen and oxygen atoms in total. The Kier molecular flexibility index (Phi) is 3.11. The van der Waals surface area contributed by atoms with Crippen LogP contribution < -0.4 is 15.2 Å². The molecule has 94 valence electrons. The molecule has 1 aliphatic rings. The second-order valence-corrected chi connectivity index (χ2v) is 4.03. The number of fused-ring (bicyclic) bond motifs is 1. The van der Waals surface area contributed by atoms with Crippen LogP contribution in [-0.4, -0.2) is 24.4 Å². The summed E-state index contributed by atoms with van der Waals surface area (Å²) in [6.07, 6.45) is 0. The molecule has 0 radical (unpaired) electrons. The fourth-order valence-corrected chi connectivity index (χ4v) is 1.77. The van der Waals surface area contributed by atoms with Gasteiger partial charge in [-0.15, -0.1) is 0 Å². The smallest absolute Gasteiger partial charge is 0.289 e. The van der Waals surface area contributed by atoms with Crippen LogP contribution in [0.1, 0.15) is 11.6 Å². The minimum Gasteiger partial charge on any atom is -0.454 e. The summed E-state index contributed by atoms with van der Waals surface area (Å²) < 4.78 is 36.6. The van der Waals surface area contributed by atoms with Crippen molar-refractivity contribution in [2.75, 3.05) is 13.4 Å². The minimum atomic E-state index is -3.45. The molecular formula is C10H10ClF2NO3. The van der Waals surface area contributed by atoms with E-state index in [4.69, 9.17) is 31.9 Å². The van der Waals surface area contributed by atoms with Crippen molar-refractivity contribution in [2.24, 2.45) is 5.73 Å². The van der Waals surface area contributed by atoms with E-state index in [1.807, 2.05) is 0 Å². The predicted octanol–water partition coefficient (Wildman–Crippen LogP) is 1.70. The lowest BCUT2D eigenvalue weighted by Crippen LogP contribution is -2.36. The van der Waals surface area contributed by atoms with Gasteiger partial charge in [-0.2, -0.15) is 0 Å².